The summed E-state index contributed by atoms with van der Waals surface area (Å²) in [5.74, 6) is 1.93. The number of hydrogen-bond donors (Lipinski definition) is 1. The van der Waals surface area contributed by atoms with Crippen LogP contribution in [0.3, 0.4) is 0 Å². The van der Waals surface area contributed by atoms with E-state index in [1.54, 1.807) is 0 Å². The van der Waals surface area contributed by atoms with E-state index >= 15 is 0 Å². The Morgan fingerprint density at radius 1 is 1.19 bits per heavy atom. The van der Waals surface area contributed by atoms with Gasteiger partial charge in [-0.3, -0.25) is 9.69 Å². The molecule has 2 heterocycles. The third kappa shape index (κ3) is 5.73. The summed E-state index contributed by atoms with van der Waals surface area (Å²) in [5.41, 5.74) is 2.91. The van der Waals surface area contributed by atoms with Crippen molar-refractivity contribution < 1.29 is 14.1 Å². The number of ether oxygens (including phenoxy) is 1. The molecule has 1 aromatic heterocycles. The molecule has 1 atom stereocenters. The quantitative estimate of drug-likeness (QED) is 0.581. The second-order valence-electron chi connectivity index (χ2n) is 8.63. The maximum absolute atomic E-state index is 12.8. The van der Waals surface area contributed by atoms with Gasteiger partial charge in [-0.05, 0) is 64.4 Å². The predicted molar refractivity (Wildman–Crippen MR) is 123 cm³/mol. The normalized spacial score (nSPS) is 16.8. The Labute approximate surface area is 188 Å². The number of likely N-dealkylation sites (tertiary alicyclic amines) is 1. The fraction of sp³-hybridized carbons (Fsp3) is 0.400. The summed E-state index contributed by atoms with van der Waals surface area (Å²) < 4.78 is 11.1. The van der Waals surface area contributed by atoms with E-state index in [1.807, 2.05) is 69.3 Å². The number of hydrogen-bond acceptors (Lipinski definition) is 6. The molecule has 1 amide bonds. The van der Waals surface area contributed by atoms with Gasteiger partial charge in [-0.1, -0.05) is 35.0 Å². The maximum Gasteiger partial charge on any atom is 0.241 e. The molecule has 7 heteroatoms. The van der Waals surface area contributed by atoms with E-state index in [0.717, 1.165) is 36.4 Å². The number of aryl methyl sites for hydroxylation is 1. The highest BCUT2D eigenvalue weighted by molar-refractivity contribution is 5.92. The molecule has 1 aliphatic heterocycles. The molecule has 0 radical (unpaired) electrons. The number of nitrogens with zero attached hydrogens (tertiary/aromatic N) is 3. The van der Waals surface area contributed by atoms with Crippen LogP contribution >= 0.6 is 0 Å². The van der Waals surface area contributed by atoms with Gasteiger partial charge in [0.1, 0.15) is 5.75 Å². The zero-order valence-corrected chi connectivity index (χ0v) is 18.9. The van der Waals surface area contributed by atoms with Crippen molar-refractivity contribution in [2.24, 2.45) is 5.92 Å². The first-order chi connectivity index (χ1) is 15.5. The second kappa shape index (κ2) is 9.96. The monoisotopic (exact) mass is 434 g/mol. The van der Waals surface area contributed by atoms with Gasteiger partial charge in [0.15, 0.2) is 0 Å². The molecule has 1 fully saturated rings. The molecule has 4 rings (SSSR count). The van der Waals surface area contributed by atoms with Crippen LogP contribution in [0.5, 0.6) is 5.75 Å². The van der Waals surface area contributed by atoms with Gasteiger partial charge in [0.05, 0.1) is 18.6 Å². The number of benzene rings is 2. The van der Waals surface area contributed by atoms with Crippen LogP contribution < -0.4 is 10.1 Å². The van der Waals surface area contributed by atoms with E-state index < -0.39 is 0 Å². The zero-order valence-electron chi connectivity index (χ0n) is 18.9. The summed E-state index contributed by atoms with van der Waals surface area (Å²) in [6.07, 6.45) is 1.95. The molecule has 0 spiro atoms. The van der Waals surface area contributed by atoms with Crippen molar-refractivity contribution in [2.75, 3.05) is 18.4 Å². The molecule has 2 aromatic carbocycles. The first-order valence-electron chi connectivity index (χ1n) is 11.2. The van der Waals surface area contributed by atoms with Crippen LogP contribution in [0, 0.1) is 12.8 Å². The Balaban J connectivity index is 1.32. The lowest BCUT2D eigenvalue weighted by molar-refractivity contribution is -0.121. The summed E-state index contributed by atoms with van der Waals surface area (Å²) in [4.78, 5) is 19.6. The highest BCUT2D eigenvalue weighted by Crippen LogP contribution is 2.23. The van der Waals surface area contributed by atoms with Crippen molar-refractivity contribution in [2.45, 2.75) is 46.3 Å². The van der Waals surface area contributed by atoms with E-state index in [2.05, 4.69) is 20.4 Å². The average molecular weight is 435 g/mol. The van der Waals surface area contributed by atoms with E-state index in [1.165, 1.54) is 5.56 Å². The van der Waals surface area contributed by atoms with Crippen LogP contribution in [-0.2, 0) is 11.3 Å². The van der Waals surface area contributed by atoms with Crippen LogP contribution in [0.25, 0.3) is 11.4 Å². The number of amides is 1. The molecular weight excluding hydrogens is 404 g/mol. The Morgan fingerprint density at radius 2 is 1.94 bits per heavy atom. The molecule has 3 aromatic rings. The lowest BCUT2D eigenvalue weighted by Crippen LogP contribution is -2.40. The molecular formula is C25H30N4O3. The Hall–Kier alpha value is -3.19. The summed E-state index contributed by atoms with van der Waals surface area (Å²) in [6, 6.07) is 15.6. The lowest BCUT2D eigenvalue weighted by atomic mass is 9.97. The van der Waals surface area contributed by atoms with E-state index in [4.69, 9.17) is 9.26 Å². The Morgan fingerprint density at radius 3 is 2.66 bits per heavy atom. The lowest BCUT2D eigenvalue weighted by Gasteiger charge is -2.30. The predicted octanol–water partition coefficient (Wildman–Crippen LogP) is 4.68. The minimum atomic E-state index is -0.0742. The van der Waals surface area contributed by atoms with Gasteiger partial charge in [0, 0.05) is 17.8 Å². The third-order valence-electron chi connectivity index (χ3n) is 5.51. The standard InChI is InChI=1S/C25H30N4O3/c1-17(2)31-22-12-10-21(11-13-22)26-25(30)20-5-4-14-29(15-20)16-23-27-24(28-32-23)19-8-6-18(3)7-9-19/h6-13,17,20H,4-5,14-16H2,1-3H3,(H,26,30). The van der Waals surface area contributed by atoms with E-state index in [0.29, 0.717) is 24.8 Å². The van der Waals surface area contributed by atoms with Crippen molar-refractivity contribution >= 4 is 11.6 Å². The number of carbonyl (C=O) groups excluding carboxylic acids is 1. The first-order valence-corrected chi connectivity index (χ1v) is 11.2. The first kappa shape index (κ1) is 22.0. The smallest absolute Gasteiger partial charge is 0.241 e. The third-order valence-corrected chi connectivity index (χ3v) is 5.51. The number of aromatic nitrogens is 2. The van der Waals surface area contributed by atoms with Crippen LogP contribution in [-0.4, -0.2) is 40.1 Å². The fourth-order valence-electron chi connectivity index (χ4n) is 3.88. The van der Waals surface area contributed by atoms with E-state index in [9.17, 15) is 4.79 Å². The van der Waals surface area contributed by atoms with Gasteiger partial charge in [0.2, 0.25) is 17.6 Å². The summed E-state index contributed by atoms with van der Waals surface area (Å²) in [7, 11) is 0. The number of anilines is 1. The van der Waals surface area contributed by atoms with E-state index in [-0.39, 0.29) is 17.9 Å². The Kier molecular flexibility index (Phi) is 6.85. The molecule has 32 heavy (non-hydrogen) atoms. The largest absolute Gasteiger partial charge is 0.491 e. The average Bonchev–Trinajstić information content (AvgIpc) is 3.24. The Bertz CT molecular complexity index is 1030. The van der Waals surface area contributed by atoms with Gasteiger partial charge >= 0.3 is 0 Å². The molecule has 0 bridgehead atoms. The van der Waals surface area contributed by atoms with Crippen molar-refractivity contribution in [1.82, 2.24) is 15.0 Å². The molecule has 0 saturated carbocycles. The van der Waals surface area contributed by atoms with Gasteiger partial charge in [0.25, 0.3) is 0 Å². The summed E-state index contributed by atoms with van der Waals surface area (Å²) >= 11 is 0. The van der Waals surface area contributed by atoms with Crippen LogP contribution in [0.2, 0.25) is 0 Å². The molecule has 1 saturated heterocycles. The minimum absolute atomic E-state index is 0.0399. The topological polar surface area (TPSA) is 80.5 Å². The summed E-state index contributed by atoms with van der Waals surface area (Å²) in [5, 5.41) is 7.15. The highest BCUT2D eigenvalue weighted by atomic mass is 16.5. The zero-order chi connectivity index (χ0) is 22.5. The maximum atomic E-state index is 12.8. The molecule has 0 aliphatic carbocycles. The van der Waals surface area contributed by atoms with Crippen molar-refractivity contribution in [3.8, 4) is 17.1 Å². The molecule has 1 N–H and O–H groups in total. The molecule has 7 nitrogen and oxygen atoms in total. The number of nitrogens with one attached hydrogen (secondary N) is 1. The van der Waals surface area contributed by atoms with Crippen LogP contribution in [0.15, 0.2) is 53.1 Å². The van der Waals surface area contributed by atoms with Gasteiger partial charge < -0.3 is 14.6 Å². The van der Waals surface area contributed by atoms with Gasteiger partial charge in [-0.15, -0.1) is 0 Å². The summed E-state index contributed by atoms with van der Waals surface area (Å²) in [6.45, 7) is 8.15. The molecule has 168 valence electrons. The fourth-order valence-corrected chi connectivity index (χ4v) is 3.88. The SMILES string of the molecule is Cc1ccc(-c2noc(CN3CCCC(C(=O)Nc4ccc(OC(C)C)cc4)C3)n2)cc1. The van der Waals surface area contributed by atoms with Gasteiger partial charge in [-0.25, -0.2) is 0 Å². The number of carbonyl (C=O) groups is 1. The second-order valence-corrected chi connectivity index (χ2v) is 8.63. The van der Waals surface area contributed by atoms with Crippen LogP contribution in [0.4, 0.5) is 5.69 Å². The number of rotatable bonds is 7. The van der Waals surface area contributed by atoms with Crippen molar-refractivity contribution in [3.63, 3.8) is 0 Å². The molecule has 1 aliphatic rings. The van der Waals surface area contributed by atoms with Gasteiger partial charge in [-0.2, -0.15) is 4.98 Å². The minimum Gasteiger partial charge on any atom is -0.491 e. The number of piperidine rings is 1. The van der Waals surface area contributed by atoms with Crippen LogP contribution in [0.1, 0.15) is 38.1 Å². The molecule has 1 unspecified atom stereocenters. The van der Waals surface area contributed by atoms with Crippen molar-refractivity contribution in [1.29, 1.82) is 0 Å². The van der Waals surface area contributed by atoms with Crippen molar-refractivity contribution in [3.05, 3.63) is 60.0 Å². The highest BCUT2D eigenvalue weighted by Gasteiger charge is 2.27.